The molecule has 0 spiro atoms. The number of nitrogens with zero attached hydrogens (tertiary/aromatic N) is 1. The highest BCUT2D eigenvalue weighted by molar-refractivity contribution is 5.27. The Bertz CT molecular complexity index is 402. The molecule has 0 bridgehead atoms. The molecular weight excluding hydrogens is 244 g/mol. The van der Waals surface area contributed by atoms with Crippen LogP contribution in [0.4, 0.5) is 0 Å². The molecule has 0 amide bonds. The summed E-state index contributed by atoms with van der Waals surface area (Å²) in [7, 11) is 2.30. The van der Waals surface area contributed by atoms with Gasteiger partial charge in [-0.05, 0) is 43.5 Å². The Hall–Kier alpha value is -0.860. The van der Waals surface area contributed by atoms with E-state index < -0.39 is 0 Å². The molecule has 0 aromatic heterocycles. The van der Waals surface area contributed by atoms with Gasteiger partial charge in [0.15, 0.2) is 0 Å². The second kappa shape index (κ2) is 7.80. The van der Waals surface area contributed by atoms with Crippen molar-refractivity contribution in [2.45, 2.75) is 58.7 Å². The first-order chi connectivity index (χ1) is 9.70. The molecule has 2 heteroatoms. The summed E-state index contributed by atoms with van der Waals surface area (Å²) in [6, 6.07) is 9.64. The third-order valence-electron chi connectivity index (χ3n) is 4.64. The van der Waals surface area contributed by atoms with Gasteiger partial charge < -0.3 is 5.32 Å². The highest BCUT2D eigenvalue weighted by Gasteiger charge is 2.22. The number of hydrogen-bond donors (Lipinski definition) is 1. The van der Waals surface area contributed by atoms with Crippen molar-refractivity contribution in [1.29, 1.82) is 0 Å². The van der Waals surface area contributed by atoms with Gasteiger partial charge in [-0.3, -0.25) is 4.90 Å². The van der Waals surface area contributed by atoms with Crippen LogP contribution in [0.15, 0.2) is 24.3 Å². The highest BCUT2D eigenvalue weighted by Crippen LogP contribution is 2.27. The second-order valence-corrected chi connectivity index (χ2v) is 6.39. The Morgan fingerprint density at radius 2 is 1.95 bits per heavy atom. The Morgan fingerprint density at radius 3 is 2.65 bits per heavy atom. The molecule has 1 aromatic rings. The van der Waals surface area contributed by atoms with Gasteiger partial charge in [0.05, 0.1) is 0 Å². The van der Waals surface area contributed by atoms with Crippen LogP contribution < -0.4 is 5.32 Å². The van der Waals surface area contributed by atoms with Crippen LogP contribution in [-0.2, 0) is 13.1 Å². The zero-order chi connectivity index (χ0) is 14.4. The molecule has 1 aromatic carbocycles. The van der Waals surface area contributed by atoms with Crippen molar-refractivity contribution in [3.63, 3.8) is 0 Å². The molecule has 0 heterocycles. The smallest absolute Gasteiger partial charge is 0.0236 e. The van der Waals surface area contributed by atoms with Gasteiger partial charge in [-0.15, -0.1) is 0 Å². The lowest BCUT2D eigenvalue weighted by atomic mass is 9.86. The van der Waals surface area contributed by atoms with E-state index in [1.807, 2.05) is 0 Å². The van der Waals surface area contributed by atoms with Gasteiger partial charge in [0.25, 0.3) is 0 Å². The fraction of sp³-hybridized carbons (Fsp3) is 0.667. The van der Waals surface area contributed by atoms with Crippen LogP contribution in [0.5, 0.6) is 0 Å². The number of rotatable bonds is 6. The maximum Gasteiger partial charge on any atom is 0.0236 e. The molecule has 1 fully saturated rings. The van der Waals surface area contributed by atoms with E-state index in [1.54, 1.807) is 0 Å². The number of nitrogens with one attached hydrogen (secondary N) is 1. The molecule has 2 unspecified atom stereocenters. The molecule has 20 heavy (non-hydrogen) atoms. The fourth-order valence-corrected chi connectivity index (χ4v) is 3.34. The molecule has 1 saturated carbocycles. The summed E-state index contributed by atoms with van der Waals surface area (Å²) in [5.41, 5.74) is 2.93. The Kier molecular flexibility index (Phi) is 6.06. The van der Waals surface area contributed by atoms with Crippen LogP contribution in [-0.4, -0.2) is 24.5 Å². The monoisotopic (exact) mass is 274 g/mol. The third-order valence-corrected chi connectivity index (χ3v) is 4.64. The summed E-state index contributed by atoms with van der Waals surface area (Å²) in [5.74, 6) is 0.896. The molecule has 0 aliphatic heterocycles. The van der Waals surface area contributed by atoms with Crippen LogP contribution in [0.25, 0.3) is 0 Å². The van der Waals surface area contributed by atoms with Crippen molar-refractivity contribution in [1.82, 2.24) is 10.2 Å². The number of hydrogen-bond acceptors (Lipinski definition) is 2. The van der Waals surface area contributed by atoms with Crippen molar-refractivity contribution in [3.8, 4) is 0 Å². The van der Waals surface area contributed by atoms with Crippen molar-refractivity contribution in [3.05, 3.63) is 35.4 Å². The van der Waals surface area contributed by atoms with E-state index in [1.165, 1.54) is 36.8 Å². The van der Waals surface area contributed by atoms with Gasteiger partial charge in [0.1, 0.15) is 0 Å². The normalized spacial score (nSPS) is 23.2. The maximum atomic E-state index is 3.45. The quantitative estimate of drug-likeness (QED) is 0.848. The summed E-state index contributed by atoms with van der Waals surface area (Å²) < 4.78 is 0. The Labute approximate surface area is 124 Å². The SMILES string of the molecule is CCNCc1ccccc1CN(C)C1CCCC(C)C1. The van der Waals surface area contributed by atoms with Crippen LogP contribution >= 0.6 is 0 Å². The lowest BCUT2D eigenvalue weighted by molar-refractivity contribution is 0.157. The third kappa shape index (κ3) is 4.32. The first kappa shape index (κ1) is 15.5. The van der Waals surface area contributed by atoms with Gasteiger partial charge in [-0.1, -0.05) is 51.0 Å². The topological polar surface area (TPSA) is 15.3 Å². The van der Waals surface area contributed by atoms with Crippen LogP contribution in [0.1, 0.15) is 50.7 Å². The van der Waals surface area contributed by atoms with Gasteiger partial charge in [-0.25, -0.2) is 0 Å². The molecule has 1 aliphatic rings. The zero-order valence-electron chi connectivity index (χ0n) is 13.4. The standard InChI is InChI=1S/C18H30N2/c1-4-19-13-16-9-5-6-10-17(16)14-20(3)18-11-7-8-15(2)12-18/h5-6,9-10,15,18-19H,4,7-8,11-14H2,1-3H3. The largest absolute Gasteiger partial charge is 0.313 e. The molecule has 2 atom stereocenters. The average Bonchev–Trinajstić information content (AvgIpc) is 2.46. The first-order valence-corrected chi connectivity index (χ1v) is 8.18. The molecule has 2 rings (SSSR count). The fourth-order valence-electron chi connectivity index (χ4n) is 3.34. The van der Waals surface area contributed by atoms with E-state index in [0.717, 1.165) is 31.6 Å². The van der Waals surface area contributed by atoms with Gasteiger partial charge in [0.2, 0.25) is 0 Å². The molecular formula is C18H30N2. The molecule has 1 N–H and O–H groups in total. The second-order valence-electron chi connectivity index (χ2n) is 6.39. The van der Waals surface area contributed by atoms with E-state index in [0.29, 0.717) is 0 Å². The van der Waals surface area contributed by atoms with Crippen LogP contribution in [0.2, 0.25) is 0 Å². The first-order valence-electron chi connectivity index (χ1n) is 8.18. The summed E-state index contributed by atoms with van der Waals surface area (Å²) >= 11 is 0. The van der Waals surface area contributed by atoms with Crippen LogP contribution in [0.3, 0.4) is 0 Å². The van der Waals surface area contributed by atoms with Crippen molar-refractivity contribution in [2.24, 2.45) is 5.92 Å². The molecule has 112 valence electrons. The lowest BCUT2D eigenvalue weighted by Crippen LogP contribution is -2.35. The summed E-state index contributed by atoms with van der Waals surface area (Å²) in [6.45, 7) is 7.67. The molecule has 1 aliphatic carbocycles. The summed E-state index contributed by atoms with van der Waals surface area (Å²) in [5, 5.41) is 3.45. The van der Waals surface area contributed by atoms with Crippen molar-refractivity contribution in [2.75, 3.05) is 13.6 Å². The average molecular weight is 274 g/mol. The van der Waals surface area contributed by atoms with E-state index >= 15 is 0 Å². The molecule has 0 radical (unpaired) electrons. The zero-order valence-corrected chi connectivity index (χ0v) is 13.4. The molecule has 0 saturated heterocycles. The minimum atomic E-state index is 0.769. The maximum absolute atomic E-state index is 3.45. The van der Waals surface area contributed by atoms with E-state index in [-0.39, 0.29) is 0 Å². The summed E-state index contributed by atoms with van der Waals surface area (Å²) in [6.07, 6.45) is 5.55. The van der Waals surface area contributed by atoms with E-state index in [9.17, 15) is 0 Å². The van der Waals surface area contributed by atoms with Crippen molar-refractivity contribution < 1.29 is 0 Å². The van der Waals surface area contributed by atoms with E-state index in [4.69, 9.17) is 0 Å². The van der Waals surface area contributed by atoms with E-state index in [2.05, 4.69) is 55.4 Å². The van der Waals surface area contributed by atoms with Crippen LogP contribution in [0, 0.1) is 5.92 Å². The predicted molar refractivity (Wildman–Crippen MR) is 86.7 cm³/mol. The minimum Gasteiger partial charge on any atom is -0.313 e. The van der Waals surface area contributed by atoms with Gasteiger partial charge in [-0.2, -0.15) is 0 Å². The number of benzene rings is 1. The highest BCUT2D eigenvalue weighted by atomic mass is 15.1. The predicted octanol–water partition coefficient (Wildman–Crippen LogP) is 3.81. The Balaban J connectivity index is 1.97. The lowest BCUT2D eigenvalue weighted by Gasteiger charge is -2.34. The summed E-state index contributed by atoms with van der Waals surface area (Å²) in [4.78, 5) is 2.57. The van der Waals surface area contributed by atoms with Crippen molar-refractivity contribution >= 4 is 0 Å². The molecule has 2 nitrogen and oxygen atoms in total. The van der Waals surface area contributed by atoms with Gasteiger partial charge >= 0.3 is 0 Å². The van der Waals surface area contributed by atoms with Gasteiger partial charge in [0, 0.05) is 19.1 Å². The minimum absolute atomic E-state index is 0.769. The Morgan fingerprint density at radius 1 is 1.20 bits per heavy atom.